The molecular formula is C19H22N2O2S. The second kappa shape index (κ2) is 7.28. The molecular weight excluding hydrogens is 320 g/mol. The van der Waals surface area contributed by atoms with E-state index in [1.165, 1.54) is 15.3 Å². The number of unbranched alkanes of at least 4 members (excludes halogenated alkanes) is 1. The summed E-state index contributed by atoms with van der Waals surface area (Å²) in [7, 11) is 2.11. The lowest BCUT2D eigenvalue weighted by molar-refractivity contribution is 0.0650. The zero-order valence-electron chi connectivity index (χ0n) is 14.1. The first-order chi connectivity index (χ1) is 11.6. The quantitative estimate of drug-likeness (QED) is 0.570. The highest BCUT2D eigenvalue weighted by molar-refractivity contribution is 7.10. The number of amides is 2. The van der Waals surface area contributed by atoms with Crippen molar-refractivity contribution in [3.05, 3.63) is 57.3 Å². The van der Waals surface area contributed by atoms with Gasteiger partial charge in [-0.15, -0.1) is 11.3 Å². The highest BCUT2D eigenvalue weighted by Crippen LogP contribution is 2.22. The summed E-state index contributed by atoms with van der Waals surface area (Å²) in [6.45, 7) is 4.55. The van der Waals surface area contributed by atoms with Crippen LogP contribution in [0.2, 0.25) is 0 Å². The van der Waals surface area contributed by atoms with Gasteiger partial charge in [-0.2, -0.15) is 0 Å². The van der Waals surface area contributed by atoms with Crippen molar-refractivity contribution in [2.24, 2.45) is 0 Å². The molecule has 24 heavy (non-hydrogen) atoms. The van der Waals surface area contributed by atoms with Crippen LogP contribution < -0.4 is 0 Å². The molecule has 2 heterocycles. The van der Waals surface area contributed by atoms with E-state index in [1.807, 2.05) is 0 Å². The van der Waals surface area contributed by atoms with E-state index in [1.54, 1.807) is 35.6 Å². The molecule has 1 aliphatic rings. The SMILES string of the molecule is Cc1ccsc1CN(C)CCCCN1C(=O)c2ccccc2C1=O. The molecule has 126 valence electrons. The van der Waals surface area contributed by atoms with Crippen molar-refractivity contribution in [2.75, 3.05) is 20.1 Å². The van der Waals surface area contributed by atoms with Gasteiger partial charge < -0.3 is 4.90 Å². The Morgan fingerprint density at radius 2 is 1.71 bits per heavy atom. The molecule has 0 radical (unpaired) electrons. The van der Waals surface area contributed by atoms with Gasteiger partial charge in [0.25, 0.3) is 11.8 Å². The molecule has 1 aliphatic heterocycles. The maximum atomic E-state index is 12.3. The Morgan fingerprint density at radius 1 is 1.04 bits per heavy atom. The summed E-state index contributed by atoms with van der Waals surface area (Å²) >= 11 is 1.79. The third-order valence-corrected chi connectivity index (χ3v) is 5.44. The van der Waals surface area contributed by atoms with E-state index >= 15 is 0 Å². The molecule has 0 fully saturated rings. The Bertz CT molecular complexity index is 718. The van der Waals surface area contributed by atoms with Crippen LogP contribution in [0.25, 0.3) is 0 Å². The number of hydrogen-bond acceptors (Lipinski definition) is 4. The molecule has 0 saturated heterocycles. The third kappa shape index (κ3) is 3.42. The van der Waals surface area contributed by atoms with Crippen molar-refractivity contribution in [1.29, 1.82) is 0 Å². The Kier molecular flexibility index (Phi) is 5.11. The van der Waals surface area contributed by atoms with Crippen LogP contribution in [-0.2, 0) is 6.54 Å². The van der Waals surface area contributed by atoms with E-state index < -0.39 is 0 Å². The van der Waals surface area contributed by atoms with Gasteiger partial charge in [-0.25, -0.2) is 0 Å². The van der Waals surface area contributed by atoms with Crippen molar-refractivity contribution in [3.63, 3.8) is 0 Å². The lowest BCUT2D eigenvalue weighted by atomic mass is 10.1. The van der Waals surface area contributed by atoms with E-state index in [9.17, 15) is 9.59 Å². The molecule has 2 amide bonds. The Labute approximate surface area is 146 Å². The monoisotopic (exact) mass is 342 g/mol. The fourth-order valence-electron chi connectivity index (χ4n) is 2.98. The van der Waals surface area contributed by atoms with E-state index in [4.69, 9.17) is 0 Å². The number of thiophene rings is 1. The van der Waals surface area contributed by atoms with Crippen LogP contribution in [0.15, 0.2) is 35.7 Å². The maximum absolute atomic E-state index is 12.3. The van der Waals surface area contributed by atoms with Crippen LogP contribution >= 0.6 is 11.3 Å². The predicted octanol–water partition coefficient (Wildman–Crippen LogP) is 3.56. The summed E-state index contributed by atoms with van der Waals surface area (Å²) < 4.78 is 0. The normalized spacial score (nSPS) is 13.9. The Hall–Kier alpha value is -1.98. The Morgan fingerprint density at radius 3 is 2.29 bits per heavy atom. The van der Waals surface area contributed by atoms with Crippen molar-refractivity contribution in [3.8, 4) is 0 Å². The molecule has 0 bridgehead atoms. The summed E-state index contributed by atoms with van der Waals surface area (Å²) in [5.74, 6) is -0.309. The highest BCUT2D eigenvalue weighted by atomic mass is 32.1. The van der Waals surface area contributed by atoms with Gasteiger partial charge in [0.2, 0.25) is 0 Å². The summed E-state index contributed by atoms with van der Waals surface area (Å²) in [5.41, 5.74) is 2.42. The molecule has 5 heteroatoms. The smallest absolute Gasteiger partial charge is 0.261 e. The molecule has 0 spiro atoms. The van der Waals surface area contributed by atoms with Gasteiger partial charge in [-0.05, 0) is 62.5 Å². The summed E-state index contributed by atoms with van der Waals surface area (Å²) in [6, 6.07) is 9.21. The van der Waals surface area contributed by atoms with Crippen molar-refractivity contribution in [2.45, 2.75) is 26.3 Å². The van der Waals surface area contributed by atoms with Crippen LogP contribution in [0.1, 0.15) is 44.0 Å². The molecule has 0 aliphatic carbocycles. The topological polar surface area (TPSA) is 40.6 Å². The summed E-state index contributed by atoms with van der Waals surface area (Å²) in [5, 5.41) is 2.13. The second-order valence-electron chi connectivity index (χ2n) is 6.28. The van der Waals surface area contributed by atoms with Gasteiger partial charge in [-0.1, -0.05) is 12.1 Å². The lowest BCUT2D eigenvalue weighted by Gasteiger charge is -2.18. The van der Waals surface area contributed by atoms with E-state index in [0.29, 0.717) is 17.7 Å². The number of hydrogen-bond donors (Lipinski definition) is 0. The number of imide groups is 1. The molecule has 0 saturated carbocycles. The first-order valence-electron chi connectivity index (χ1n) is 8.24. The molecule has 3 rings (SSSR count). The molecule has 1 aromatic heterocycles. The molecule has 0 N–H and O–H groups in total. The minimum atomic E-state index is -0.154. The van der Waals surface area contributed by atoms with Crippen LogP contribution in [-0.4, -0.2) is 41.8 Å². The summed E-state index contributed by atoms with van der Waals surface area (Å²) in [4.78, 5) is 29.6. The van der Waals surface area contributed by atoms with Gasteiger partial charge in [-0.3, -0.25) is 14.5 Å². The number of benzene rings is 1. The summed E-state index contributed by atoms with van der Waals surface area (Å²) in [6.07, 6.45) is 1.80. The van der Waals surface area contributed by atoms with E-state index in [0.717, 1.165) is 25.9 Å². The number of fused-ring (bicyclic) bond motifs is 1. The number of rotatable bonds is 7. The Balaban J connectivity index is 1.45. The molecule has 2 aromatic rings. The zero-order valence-corrected chi connectivity index (χ0v) is 14.9. The molecule has 0 unspecified atom stereocenters. The minimum absolute atomic E-state index is 0.154. The predicted molar refractivity (Wildman–Crippen MR) is 96.4 cm³/mol. The average Bonchev–Trinajstić information content (AvgIpc) is 3.08. The van der Waals surface area contributed by atoms with Gasteiger partial charge in [0.1, 0.15) is 0 Å². The van der Waals surface area contributed by atoms with Crippen molar-refractivity contribution >= 4 is 23.2 Å². The fourth-order valence-corrected chi connectivity index (χ4v) is 3.97. The van der Waals surface area contributed by atoms with Gasteiger partial charge in [0.05, 0.1) is 11.1 Å². The van der Waals surface area contributed by atoms with Crippen molar-refractivity contribution in [1.82, 2.24) is 9.80 Å². The molecule has 0 atom stereocenters. The van der Waals surface area contributed by atoms with Crippen LogP contribution in [0.3, 0.4) is 0 Å². The lowest BCUT2D eigenvalue weighted by Crippen LogP contribution is -2.31. The largest absolute Gasteiger partial charge is 0.301 e. The standard InChI is InChI=1S/C19H22N2O2S/c1-14-9-12-24-17(14)13-20(2)10-5-6-11-21-18(22)15-7-3-4-8-16(15)19(21)23/h3-4,7-9,12H,5-6,10-11,13H2,1-2H3. The van der Waals surface area contributed by atoms with E-state index in [2.05, 4.69) is 30.3 Å². The van der Waals surface area contributed by atoms with E-state index in [-0.39, 0.29) is 11.8 Å². The van der Waals surface area contributed by atoms with Crippen molar-refractivity contribution < 1.29 is 9.59 Å². The van der Waals surface area contributed by atoms with Crippen LogP contribution in [0, 0.1) is 6.92 Å². The first-order valence-corrected chi connectivity index (χ1v) is 9.12. The average molecular weight is 342 g/mol. The molecule has 1 aromatic carbocycles. The van der Waals surface area contributed by atoms with Crippen LogP contribution in [0.5, 0.6) is 0 Å². The fraction of sp³-hybridized carbons (Fsp3) is 0.368. The van der Waals surface area contributed by atoms with Gasteiger partial charge in [0.15, 0.2) is 0 Å². The minimum Gasteiger partial charge on any atom is -0.301 e. The third-order valence-electron chi connectivity index (χ3n) is 4.43. The molecule has 4 nitrogen and oxygen atoms in total. The van der Waals surface area contributed by atoms with Gasteiger partial charge >= 0.3 is 0 Å². The zero-order chi connectivity index (χ0) is 17.1. The van der Waals surface area contributed by atoms with Crippen LogP contribution in [0.4, 0.5) is 0 Å². The number of nitrogens with zero attached hydrogens (tertiary/aromatic N) is 2. The number of carbonyl (C=O) groups excluding carboxylic acids is 2. The number of carbonyl (C=O) groups is 2. The number of aryl methyl sites for hydroxylation is 1. The maximum Gasteiger partial charge on any atom is 0.261 e. The highest BCUT2D eigenvalue weighted by Gasteiger charge is 2.34. The first kappa shape index (κ1) is 16.9. The second-order valence-corrected chi connectivity index (χ2v) is 7.28. The van der Waals surface area contributed by atoms with Gasteiger partial charge in [0, 0.05) is 18.0 Å².